The molecule has 2 rings (SSSR count). The van der Waals surface area contributed by atoms with E-state index in [0.717, 1.165) is 17.0 Å². The normalized spacial score (nSPS) is 14.1. The first kappa shape index (κ1) is 18.8. The summed E-state index contributed by atoms with van der Waals surface area (Å²) >= 11 is 0. The van der Waals surface area contributed by atoms with Gasteiger partial charge in [0.05, 0.1) is 5.56 Å². The number of sulfonamides is 1. The number of benzene rings is 1. The van der Waals surface area contributed by atoms with Crippen molar-refractivity contribution in [3.63, 3.8) is 0 Å². The molecule has 1 unspecified atom stereocenters. The van der Waals surface area contributed by atoms with E-state index in [4.69, 9.17) is 5.26 Å². The first-order valence-electron chi connectivity index (χ1n) is 6.42. The van der Waals surface area contributed by atoms with Gasteiger partial charge in [-0.2, -0.15) is 9.98 Å². The summed E-state index contributed by atoms with van der Waals surface area (Å²) in [7, 11) is -4.90. The van der Waals surface area contributed by atoms with Gasteiger partial charge in [0.1, 0.15) is 11.0 Å². The number of nitrogens with one attached hydrogen (secondary N) is 1. The Morgan fingerprint density at radius 3 is 2.40 bits per heavy atom. The maximum atomic E-state index is 14.7. The van der Waals surface area contributed by atoms with E-state index in [1.807, 2.05) is 0 Å². The van der Waals surface area contributed by atoms with Gasteiger partial charge in [0.25, 0.3) is 12.2 Å². The van der Waals surface area contributed by atoms with Crippen LogP contribution in [-0.2, 0) is 15.8 Å². The molecule has 1 N–H and O–H groups in total. The zero-order valence-corrected chi connectivity index (χ0v) is 12.9. The quantitative estimate of drug-likeness (QED) is 0.641. The van der Waals surface area contributed by atoms with E-state index in [2.05, 4.69) is 4.98 Å². The van der Waals surface area contributed by atoms with Crippen LogP contribution in [0.1, 0.15) is 11.1 Å². The molecule has 0 saturated heterocycles. The van der Waals surface area contributed by atoms with Crippen molar-refractivity contribution in [1.82, 2.24) is 9.71 Å². The highest BCUT2D eigenvalue weighted by molar-refractivity contribution is 7.89. The van der Waals surface area contributed by atoms with E-state index in [0.29, 0.717) is 18.3 Å². The molecule has 0 spiro atoms. The number of hydrogen-bond donors (Lipinski definition) is 1. The van der Waals surface area contributed by atoms with Gasteiger partial charge in [-0.25, -0.2) is 30.4 Å². The van der Waals surface area contributed by atoms with Crippen LogP contribution in [-0.4, -0.2) is 19.8 Å². The maximum absolute atomic E-state index is 14.7. The second-order valence-electron chi connectivity index (χ2n) is 4.77. The number of aromatic nitrogens is 1. The summed E-state index contributed by atoms with van der Waals surface area (Å²) in [6.07, 6.45) is -2.23. The molecule has 25 heavy (non-hydrogen) atoms. The molecule has 1 aromatic heterocycles. The van der Waals surface area contributed by atoms with Gasteiger partial charge in [-0.05, 0) is 18.2 Å². The van der Waals surface area contributed by atoms with Gasteiger partial charge < -0.3 is 0 Å². The van der Waals surface area contributed by atoms with Gasteiger partial charge in [0.15, 0.2) is 11.6 Å². The number of nitriles is 1. The van der Waals surface area contributed by atoms with Crippen LogP contribution < -0.4 is 4.72 Å². The van der Waals surface area contributed by atoms with Gasteiger partial charge >= 0.3 is 0 Å². The number of halogens is 5. The molecular formula is C14H8F5N3O2S. The highest BCUT2D eigenvalue weighted by Crippen LogP contribution is 2.33. The zero-order valence-electron chi connectivity index (χ0n) is 12.1. The number of hydrogen-bond acceptors (Lipinski definition) is 4. The van der Waals surface area contributed by atoms with Crippen LogP contribution >= 0.6 is 0 Å². The zero-order chi connectivity index (χ0) is 18.8. The minimum Gasteiger partial charge on any atom is -0.262 e. The summed E-state index contributed by atoms with van der Waals surface area (Å²) in [6.45, 7) is 0. The van der Waals surface area contributed by atoms with E-state index >= 15 is 0 Å². The number of pyridine rings is 1. The minimum atomic E-state index is -4.90. The lowest BCUT2D eigenvalue weighted by molar-refractivity contribution is -0.0476. The summed E-state index contributed by atoms with van der Waals surface area (Å²) in [5.74, 6) is -7.09. The van der Waals surface area contributed by atoms with E-state index in [1.54, 1.807) is 6.07 Å². The lowest BCUT2D eigenvalue weighted by Gasteiger charge is -2.26. The SMILES string of the molecule is N#Cc1cncc(S(=O)(=O)NC(F)(c2ccc(F)c(F)c2)C(F)F)c1. The van der Waals surface area contributed by atoms with Gasteiger partial charge in [-0.3, -0.25) is 4.98 Å². The number of nitrogens with zero attached hydrogens (tertiary/aromatic N) is 2. The Hall–Kier alpha value is -2.58. The van der Waals surface area contributed by atoms with E-state index < -0.39 is 44.3 Å². The fourth-order valence-electron chi connectivity index (χ4n) is 1.83. The summed E-state index contributed by atoms with van der Waals surface area (Å²) < 4.78 is 92.7. The molecule has 1 aromatic carbocycles. The molecule has 0 aliphatic heterocycles. The fourth-order valence-corrected chi connectivity index (χ4v) is 3.03. The predicted molar refractivity (Wildman–Crippen MR) is 74.4 cm³/mol. The van der Waals surface area contributed by atoms with Gasteiger partial charge in [0, 0.05) is 18.0 Å². The van der Waals surface area contributed by atoms with E-state index in [-0.39, 0.29) is 11.6 Å². The molecule has 1 heterocycles. The van der Waals surface area contributed by atoms with Crippen LogP contribution in [0.4, 0.5) is 22.0 Å². The largest absolute Gasteiger partial charge is 0.290 e. The van der Waals surface area contributed by atoms with Crippen molar-refractivity contribution in [3.05, 3.63) is 59.4 Å². The van der Waals surface area contributed by atoms with Crippen molar-refractivity contribution in [2.75, 3.05) is 0 Å². The molecule has 1 atom stereocenters. The van der Waals surface area contributed by atoms with Crippen LogP contribution in [0.15, 0.2) is 41.6 Å². The molecule has 132 valence electrons. The average Bonchev–Trinajstić information content (AvgIpc) is 2.56. The van der Waals surface area contributed by atoms with E-state index in [9.17, 15) is 30.4 Å². The fraction of sp³-hybridized carbons (Fsp3) is 0.143. The van der Waals surface area contributed by atoms with Crippen molar-refractivity contribution < 1.29 is 30.4 Å². The van der Waals surface area contributed by atoms with Gasteiger partial charge in [-0.1, -0.05) is 6.07 Å². The van der Waals surface area contributed by atoms with Crippen LogP contribution in [0, 0.1) is 23.0 Å². The molecule has 0 aliphatic rings. The molecule has 11 heteroatoms. The Morgan fingerprint density at radius 2 is 1.84 bits per heavy atom. The molecule has 0 bridgehead atoms. The first-order chi connectivity index (χ1) is 11.6. The standard InChI is InChI=1S/C14H8F5N3O2S/c15-11-2-1-9(4-12(11)16)14(19,13(17)18)22-25(23,24)10-3-8(5-20)6-21-7-10/h1-4,6-7,13,22H. The highest BCUT2D eigenvalue weighted by atomic mass is 32.2. The summed E-state index contributed by atoms with van der Waals surface area (Å²) in [6, 6.07) is 3.35. The first-order valence-corrected chi connectivity index (χ1v) is 7.90. The monoisotopic (exact) mass is 377 g/mol. The summed E-state index contributed by atoms with van der Waals surface area (Å²) in [4.78, 5) is 2.68. The lowest BCUT2D eigenvalue weighted by Crippen LogP contribution is -2.47. The molecule has 0 fully saturated rings. The summed E-state index contributed by atoms with van der Waals surface area (Å²) in [5.41, 5.74) is -1.34. The summed E-state index contributed by atoms with van der Waals surface area (Å²) in [5, 5.41) is 8.71. The highest BCUT2D eigenvalue weighted by Gasteiger charge is 2.46. The smallest absolute Gasteiger partial charge is 0.262 e. The third-order valence-corrected chi connectivity index (χ3v) is 4.49. The third-order valence-electron chi connectivity index (χ3n) is 3.08. The topological polar surface area (TPSA) is 82.8 Å². The average molecular weight is 377 g/mol. The molecular weight excluding hydrogens is 369 g/mol. The Kier molecular flexibility index (Phi) is 5.05. The second kappa shape index (κ2) is 6.73. The molecule has 0 aliphatic carbocycles. The van der Waals surface area contributed by atoms with Crippen molar-refractivity contribution in [1.29, 1.82) is 5.26 Å². The van der Waals surface area contributed by atoms with E-state index in [1.165, 1.54) is 0 Å². The van der Waals surface area contributed by atoms with Crippen LogP contribution in [0.3, 0.4) is 0 Å². The lowest BCUT2D eigenvalue weighted by atomic mass is 10.1. The van der Waals surface area contributed by atoms with Crippen molar-refractivity contribution in [3.8, 4) is 6.07 Å². The Morgan fingerprint density at radius 1 is 1.16 bits per heavy atom. The molecule has 0 saturated carbocycles. The predicted octanol–water partition coefficient (Wildman–Crippen LogP) is 2.60. The minimum absolute atomic E-state index is 0.119. The Bertz CT molecular complexity index is 946. The van der Waals surface area contributed by atoms with Crippen molar-refractivity contribution >= 4 is 10.0 Å². The van der Waals surface area contributed by atoms with Crippen LogP contribution in [0.25, 0.3) is 0 Å². The van der Waals surface area contributed by atoms with Gasteiger partial charge in [0.2, 0.25) is 10.0 Å². The van der Waals surface area contributed by atoms with Gasteiger partial charge in [-0.15, -0.1) is 0 Å². The Balaban J connectivity index is 2.50. The molecule has 2 aromatic rings. The Labute approximate surface area is 138 Å². The third kappa shape index (κ3) is 3.75. The number of alkyl halides is 3. The van der Waals surface area contributed by atoms with Crippen LogP contribution in [0.2, 0.25) is 0 Å². The number of rotatable bonds is 5. The molecule has 5 nitrogen and oxygen atoms in total. The van der Waals surface area contributed by atoms with Crippen molar-refractivity contribution in [2.45, 2.75) is 17.1 Å². The second-order valence-corrected chi connectivity index (χ2v) is 6.45. The van der Waals surface area contributed by atoms with Crippen LogP contribution in [0.5, 0.6) is 0 Å². The molecule has 0 amide bonds. The maximum Gasteiger partial charge on any atom is 0.290 e. The van der Waals surface area contributed by atoms with Crippen molar-refractivity contribution in [2.24, 2.45) is 0 Å². The molecule has 0 radical (unpaired) electrons.